The van der Waals surface area contributed by atoms with Gasteiger partial charge >= 0.3 is 6.03 Å². The Bertz CT molecular complexity index is 821. The molecule has 1 saturated carbocycles. The molecule has 8 heteroatoms. The van der Waals surface area contributed by atoms with E-state index < -0.39 is 14.8 Å². The smallest absolute Gasteiger partial charge is 0.321 e. The van der Waals surface area contributed by atoms with Gasteiger partial charge in [0.05, 0.1) is 10.9 Å². The van der Waals surface area contributed by atoms with Crippen molar-refractivity contribution in [2.24, 2.45) is 0 Å². The number of benzene rings is 1. The monoisotopic (exact) mass is 437 g/mol. The first-order valence-corrected chi connectivity index (χ1v) is 12.5. The van der Waals surface area contributed by atoms with E-state index in [0.29, 0.717) is 31.6 Å². The average molecular weight is 438 g/mol. The van der Waals surface area contributed by atoms with Crippen molar-refractivity contribution >= 4 is 21.7 Å². The molecule has 0 bridgehead atoms. The van der Waals surface area contributed by atoms with Crippen LogP contribution in [0.15, 0.2) is 24.3 Å². The molecule has 0 unspecified atom stereocenters. The van der Waals surface area contributed by atoms with Gasteiger partial charge in [-0.05, 0) is 71.4 Å². The zero-order valence-electron chi connectivity index (χ0n) is 18.3. The highest BCUT2D eigenvalue weighted by molar-refractivity contribution is 7.90. The number of carbonyl (C=O) groups excluding carboxylic acids is 1. The molecule has 1 aliphatic carbocycles. The molecule has 7 nitrogen and oxygen atoms in total. The van der Waals surface area contributed by atoms with Crippen LogP contribution in [0.3, 0.4) is 0 Å². The Morgan fingerprint density at radius 3 is 2.37 bits per heavy atom. The molecule has 1 aromatic rings. The van der Waals surface area contributed by atoms with Gasteiger partial charge in [0.15, 0.2) is 0 Å². The third-order valence-electron chi connectivity index (χ3n) is 5.85. The summed E-state index contributed by atoms with van der Waals surface area (Å²) in [5, 5.41) is 2.94. The van der Waals surface area contributed by atoms with E-state index in [9.17, 15) is 13.2 Å². The van der Waals surface area contributed by atoms with Crippen LogP contribution in [0.5, 0.6) is 5.75 Å². The number of carbonyl (C=O) groups is 1. The van der Waals surface area contributed by atoms with Gasteiger partial charge in [0.2, 0.25) is 10.0 Å². The molecule has 0 radical (unpaired) electrons. The molecule has 2 aliphatic rings. The number of ether oxygens (including phenoxy) is 1. The molecule has 1 saturated heterocycles. The molecule has 0 atom stereocenters. The number of nitrogens with zero attached hydrogens (tertiary/aromatic N) is 1. The maximum absolute atomic E-state index is 12.7. The first-order valence-electron chi connectivity index (χ1n) is 11.0. The van der Waals surface area contributed by atoms with Gasteiger partial charge in [-0.15, -0.1) is 0 Å². The summed E-state index contributed by atoms with van der Waals surface area (Å²) in [4.78, 5) is 14.4. The summed E-state index contributed by atoms with van der Waals surface area (Å²) in [7, 11) is -3.38. The lowest BCUT2D eigenvalue weighted by atomic mass is 9.98. The van der Waals surface area contributed by atoms with Crippen LogP contribution in [-0.2, 0) is 10.0 Å². The standard InChI is InChI=1S/C22H35N3O4S/c1-22(2,3)30(27,28)24-17-12-14-25(15-13-17)21(26)23-18-8-7-11-20(16-18)29-19-9-5-4-6-10-19/h7-8,11,16-17,19,24H,4-6,9-10,12-15H2,1-3H3,(H,23,26). The van der Waals surface area contributed by atoms with Crippen LogP contribution in [0.1, 0.15) is 65.7 Å². The SMILES string of the molecule is CC(C)(C)S(=O)(=O)NC1CCN(C(=O)Nc2cccc(OC3CCCCC3)c2)CC1. The fourth-order valence-corrected chi connectivity index (χ4v) is 4.85. The van der Waals surface area contributed by atoms with Gasteiger partial charge in [-0.3, -0.25) is 0 Å². The number of rotatable bonds is 5. The molecule has 0 spiro atoms. The van der Waals surface area contributed by atoms with Crippen LogP contribution in [-0.4, -0.2) is 49.3 Å². The summed E-state index contributed by atoms with van der Waals surface area (Å²) < 4.78 is 32.7. The third-order valence-corrected chi connectivity index (χ3v) is 8.11. The number of nitrogens with one attached hydrogen (secondary N) is 2. The fraction of sp³-hybridized carbons (Fsp3) is 0.682. The number of hydrogen-bond donors (Lipinski definition) is 2. The van der Waals surface area contributed by atoms with Crippen LogP contribution < -0.4 is 14.8 Å². The van der Waals surface area contributed by atoms with Crippen molar-refractivity contribution < 1.29 is 17.9 Å². The Morgan fingerprint density at radius 2 is 1.73 bits per heavy atom. The van der Waals surface area contributed by atoms with Gasteiger partial charge in [-0.1, -0.05) is 12.5 Å². The Kier molecular flexibility index (Phi) is 7.29. The van der Waals surface area contributed by atoms with E-state index in [0.717, 1.165) is 18.6 Å². The molecule has 2 fully saturated rings. The third kappa shape index (κ3) is 6.11. The molecule has 0 aromatic heterocycles. The van der Waals surface area contributed by atoms with E-state index in [1.165, 1.54) is 19.3 Å². The molecule has 30 heavy (non-hydrogen) atoms. The van der Waals surface area contributed by atoms with E-state index in [1.807, 2.05) is 24.3 Å². The van der Waals surface area contributed by atoms with Gasteiger partial charge in [0.25, 0.3) is 0 Å². The van der Waals surface area contributed by atoms with Gasteiger partial charge in [0.1, 0.15) is 5.75 Å². The molecule has 1 aromatic carbocycles. The summed E-state index contributed by atoms with van der Waals surface area (Å²) >= 11 is 0. The van der Waals surface area contributed by atoms with Gasteiger partial charge in [-0.25, -0.2) is 17.9 Å². The van der Waals surface area contributed by atoms with Crippen LogP contribution in [0.25, 0.3) is 0 Å². The number of anilines is 1. The lowest BCUT2D eigenvalue weighted by Gasteiger charge is -2.33. The minimum atomic E-state index is -3.38. The maximum atomic E-state index is 12.7. The van der Waals surface area contributed by atoms with Crippen molar-refractivity contribution in [3.8, 4) is 5.75 Å². The molecule has 1 heterocycles. The van der Waals surface area contributed by atoms with Crippen molar-refractivity contribution in [2.45, 2.75) is 82.6 Å². The van der Waals surface area contributed by atoms with E-state index in [4.69, 9.17) is 4.74 Å². The molecule has 2 amide bonds. The minimum Gasteiger partial charge on any atom is -0.490 e. The number of amides is 2. The first kappa shape index (κ1) is 22.9. The number of piperidine rings is 1. The second-order valence-electron chi connectivity index (χ2n) is 9.33. The van der Waals surface area contributed by atoms with Gasteiger partial charge in [-0.2, -0.15) is 0 Å². The summed E-state index contributed by atoms with van der Waals surface area (Å²) in [6, 6.07) is 7.25. The van der Waals surface area contributed by atoms with Crippen molar-refractivity contribution in [3.63, 3.8) is 0 Å². The van der Waals surface area contributed by atoms with Crippen molar-refractivity contribution in [2.75, 3.05) is 18.4 Å². The van der Waals surface area contributed by atoms with Crippen molar-refractivity contribution in [3.05, 3.63) is 24.3 Å². The van der Waals surface area contributed by atoms with Crippen LogP contribution in [0.4, 0.5) is 10.5 Å². The lowest BCUT2D eigenvalue weighted by molar-refractivity contribution is 0.155. The topological polar surface area (TPSA) is 87.7 Å². The van der Waals surface area contributed by atoms with Gasteiger partial charge < -0.3 is 15.0 Å². The van der Waals surface area contributed by atoms with Crippen molar-refractivity contribution in [1.82, 2.24) is 9.62 Å². The molecule has 168 valence electrons. The molecule has 3 rings (SSSR count). The Morgan fingerprint density at radius 1 is 1.07 bits per heavy atom. The maximum Gasteiger partial charge on any atom is 0.321 e. The van der Waals surface area contributed by atoms with E-state index in [-0.39, 0.29) is 18.2 Å². The molecular weight excluding hydrogens is 402 g/mol. The van der Waals surface area contributed by atoms with Crippen LogP contribution in [0.2, 0.25) is 0 Å². The highest BCUT2D eigenvalue weighted by Crippen LogP contribution is 2.25. The Hall–Kier alpha value is -1.80. The fourth-order valence-electron chi connectivity index (χ4n) is 3.82. The molecule has 1 aliphatic heterocycles. The number of hydrogen-bond acceptors (Lipinski definition) is 4. The van der Waals surface area contributed by atoms with Crippen LogP contribution >= 0.6 is 0 Å². The number of likely N-dealkylation sites (tertiary alicyclic amines) is 1. The highest BCUT2D eigenvalue weighted by Gasteiger charge is 2.33. The number of sulfonamides is 1. The van der Waals surface area contributed by atoms with Crippen LogP contribution in [0, 0.1) is 0 Å². The second kappa shape index (κ2) is 9.56. The normalized spacial score (nSPS) is 19.5. The van der Waals surface area contributed by atoms with E-state index in [2.05, 4.69) is 10.0 Å². The quantitative estimate of drug-likeness (QED) is 0.726. The predicted molar refractivity (Wildman–Crippen MR) is 119 cm³/mol. The predicted octanol–water partition coefficient (Wildman–Crippen LogP) is 4.11. The molecular formula is C22H35N3O4S. The zero-order valence-corrected chi connectivity index (χ0v) is 19.1. The largest absolute Gasteiger partial charge is 0.490 e. The van der Waals surface area contributed by atoms with E-state index in [1.54, 1.807) is 25.7 Å². The Balaban J connectivity index is 1.49. The summed E-state index contributed by atoms with van der Waals surface area (Å²) in [6.45, 7) is 6.08. The number of urea groups is 1. The highest BCUT2D eigenvalue weighted by atomic mass is 32.2. The lowest BCUT2D eigenvalue weighted by Crippen LogP contribution is -2.50. The summed E-state index contributed by atoms with van der Waals surface area (Å²) in [5.74, 6) is 0.787. The van der Waals surface area contributed by atoms with E-state index >= 15 is 0 Å². The zero-order chi connectivity index (χ0) is 21.8. The van der Waals surface area contributed by atoms with Crippen molar-refractivity contribution in [1.29, 1.82) is 0 Å². The minimum absolute atomic E-state index is 0.134. The average Bonchev–Trinajstić information content (AvgIpc) is 2.68. The summed E-state index contributed by atoms with van der Waals surface area (Å²) in [6.07, 6.45) is 7.35. The molecule has 2 N–H and O–H groups in total. The second-order valence-corrected chi connectivity index (χ2v) is 11.8. The van der Waals surface area contributed by atoms with Gasteiger partial charge in [0, 0.05) is 30.9 Å². The summed E-state index contributed by atoms with van der Waals surface area (Å²) in [5.41, 5.74) is 0.712. The first-order chi connectivity index (χ1) is 14.1. The Labute approximate surface area is 180 Å².